The van der Waals surface area contributed by atoms with E-state index in [-0.39, 0.29) is 5.78 Å². The van der Waals surface area contributed by atoms with Crippen molar-refractivity contribution in [2.45, 2.75) is 12.3 Å². The molecule has 17 heavy (non-hydrogen) atoms. The highest BCUT2D eigenvalue weighted by Gasteiger charge is 2.18. The summed E-state index contributed by atoms with van der Waals surface area (Å²) < 4.78 is 0.681. The molecular formula is C12H10BrClO3. The number of carboxylic acid groups (broad SMARTS) is 1. The van der Waals surface area contributed by atoms with E-state index in [0.717, 1.165) is 6.08 Å². The van der Waals surface area contributed by atoms with E-state index in [2.05, 4.69) is 15.9 Å². The van der Waals surface area contributed by atoms with E-state index in [1.807, 2.05) is 0 Å². The van der Waals surface area contributed by atoms with Crippen LogP contribution in [0.25, 0.3) is 6.08 Å². The summed E-state index contributed by atoms with van der Waals surface area (Å²) in [5.41, 5.74) is 1.19. The van der Waals surface area contributed by atoms with Crippen molar-refractivity contribution in [2.24, 2.45) is 0 Å². The maximum atomic E-state index is 11.3. The van der Waals surface area contributed by atoms with Crippen molar-refractivity contribution in [3.05, 3.63) is 39.9 Å². The van der Waals surface area contributed by atoms with Gasteiger partial charge in [-0.3, -0.25) is 4.79 Å². The highest BCUT2D eigenvalue weighted by Crippen LogP contribution is 2.32. The second kappa shape index (κ2) is 5.98. The van der Waals surface area contributed by atoms with E-state index < -0.39 is 11.3 Å². The largest absolute Gasteiger partial charge is 0.478 e. The molecule has 0 bridgehead atoms. The summed E-state index contributed by atoms with van der Waals surface area (Å²) in [7, 11) is 0. The van der Waals surface area contributed by atoms with Crippen LogP contribution in [0.3, 0.4) is 0 Å². The molecule has 0 aliphatic heterocycles. The molecule has 0 radical (unpaired) electrons. The summed E-state index contributed by atoms with van der Waals surface area (Å²) in [5, 5.41) is 7.79. The predicted molar refractivity (Wildman–Crippen MR) is 70.1 cm³/mol. The Kier molecular flexibility index (Phi) is 4.90. The summed E-state index contributed by atoms with van der Waals surface area (Å²) in [6.45, 7) is 1.39. The van der Waals surface area contributed by atoms with Gasteiger partial charge < -0.3 is 5.11 Å². The number of halogens is 2. The molecule has 5 heteroatoms. The molecule has 0 aliphatic carbocycles. The number of hydrogen-bond acceptors (Lipinski definition) is 2. The van der Waals surface area contributed by atoms with Crippen LogP contribution in [0.1, 0.15) is 23.4 Å². The zero-order valence-corrected chi connectivity index (χ0v) is 11.3. The molecule has 0 saturated carbocycles. The second-order valence-electron chi connectivity index (χ2n) is 3.39. The molecule has 1 atom stereocenters. The lowest BCUT2D eigenvalue weighted by Gasteiger charge is -2.12. The molecule has 1 rings (SSSR count). The van der Waals surface area contributed by atoms with Gasteiger partial charge in [0.15, 0.2) is 5.78 Å². The predicted octanol–water partition coefficient (Wildman–Crippen LogP) is 3.42. The monoisotopic (exact) mass is 316 g/mol. The molecule has 1 aromatic rings. The number of alkyl halides is 1. The number of ketones is 1. The summed E-state index contributed by atoms with van der Waals surface area (Å²) in [6, 6.07) is 5.21. The third kappa shape index (κ3) is 3.68. The minimum atomic E-state index is -1.05. The molecule has 0 aliphatic rings. The van der Waals surface area contributed by atoms with Crippen molar-refractivity contribution in [3.8, 4) is 0 Å². The lowest BCUT2D eigenvalue weighted by molar-refractivity contribution is -0.131. The van der Waals surface area contributed by atoms with Gasteiger partial charge >= 0.3 is 5.97 Å². The number of Topliss-reactive ketones (excluding diaryl/α,β-unsaturated/α-hetero) is 1. The van der Waals surface area contributed by atoms with Gasteiger partial charge in [-0.15, -0.1) is 11.6 Å². The first-order valence-corrected chi connectivity index (χ1v) is 6.00. The van der Waals surface area contributed by atoms with Gasteiger partial charge in [-0.2, -0.15) is 0 Å². The Bertz CT molecular complexity index is 483. The normalized spacial score (nSPS) is 12.6. The van der Waals surface area contributed by atoms with Crippen molar-refractivity contribution in [1.82, 2.24) is 0 Å². The van der Waals surface area contributed by atoms with E-state index in [1.54, 1.807) is 18.2 Å². The van der Waals surface area contributed by atoms with Crippen LogP contribution in [0.5, 0.6) is 0 Å². The molecule has 3 nitrogen and oxygen atoms in total. The fourth-order valence-electron chi connectivity index (χ4n) is 1.33. The van der Waals surface area contributed by atoms with Crippen LogP contribution in [0.4, 0.5) is 0 Å². The van der Waals surface area contributed by atoms with E-state index in [9.17, 15) is 9.59 Å². The number of aliphatic carboxylic acids is 1. The summed E-state index contributed by atoms with van der Waals surface area (Å²) in [6.07, 6.45) is 2.43. The molecule has 0 saturated heterocycles. The number of rotatable bonds is 4. The Morgan fingerprint density at radius 2 is 2.12 bits per heavy atom. The maximum absolute atomic E-state index is 11.3. The quantitative estimate of drug-likeness (QED) is 0.684. The zero-order valence-electron chi connectivity index (χ0n) is 8.98. The fraction of sp³-hybridized carbons (Fsp3) is 0.167. The third-order valence-electron chi connectivity index (χ3n) is 2.10. The Hall–Kier alpha value is -1.13. The molecule has 1 aromatic carbocycles. The summed E-state index contributed by atoms with van der Waals surface area (Å²) >= 11 is 9.31. The summed E-state index contributed by atoms with van der Waals surface area (Å²) in [5.74, 6) is -1.24. The first-order chi connectivity index (χ1) is 7.93. The standard InChI is InChI=1S/C12H10BrClO3/c1-7(15)12(14)11-8(5-6-10(16)17)3-2-4-9(11)13/h2-6,12H,1H3,(H,16,17)/b6-5+. The molecule has 0 aromatic heterocycles. The van der Waals surface area contributed by atoms with Crippen molar-refractivity contribution in [1.29, 1.82) is 0 Å². The fourth-order valence-corrected chi connectivity index (χ4v) is 2.32. The van der Waals surface area contributed by atoms with Gasteiger partial charge in [0.2, 0.25) is 0 Å². The Morgan fingerprint density at radius 3 is 2.65 bits per heavy atom. The maximum Gasteiger partial charge on any atom is 0.328 e. The molecule has 1 unspecified atom stereocenters. The molecule has 0 fully saturated rings. The van der Waals surface area contributed by atoms with Crippen LogP contribution in [-0.2, 0) is 9.59 Å². The second-order valence-corrected chi connectivity index (χ2v) is 4.68. The van der Waals surface area contributed by atoms with Gasteiger partial charge in [-0.25, -0.2) is 4.79 Å². The SMILES string of the molecule is CC(=O)C(Cl)c1c(Br)cccc1/C=C/C(=O)O. The molecule has 0 heterocycles. The van der Waals surface area contributed by atoms with Crippen LogP contribution in [-0.4, -0.2) is 16.9 Å². The smallest absolute Gasteiger partial charge is 0.328 e. The average Bonchev–Trinajstić information content (AvgIpc) is 2.25. The van der Waals surface area contributed by atoms with Crippen LogP contribution < -0.4 is 0 Å². The Balaban J connectivity index is 3.26. The highest BCUT2D eigenvalue weighted by atomic mass is 79.9. The Morgan fingerprint density at radius 1 is 1.47 bits per heavy atom. The lowest BCUT2D eigenvalue weighted by Crippen LogP contribution is -2.04. The number of hydrogen-bond donors (Lipinski definition) is 1. The highest BCUT2D eigenvalue weighted by molar-refractivity contribution is 9.10. The number of benzene rings is 1. The first kappa shape index (κ1) is 13.9. The van der Waals surface area contributed by atoms with Crippen molar-refractivity contribution >= 4 is 45.4 Å². The van der Waals surface area contributed by atoms with Crippen LogP contribution in [0.2, 0.25) is 0 Å². The van der Waals surface area contributed by atoms with Gasteiger partial charge in [0.1, 0.15) is 5.38 Å². The van der Waals surface area contributed by atoms with Crippen LogP contribution >= 0.6 is 27.5 Å². The van der Waals surface area contributed by atoms with E-state index in [0.29, 0.717) is 15.6 Å². The van der Waals surface area contributed by atoms with Gasteiger partial charge in [-0.1, -0.05) is 28.1 Å². The van der Waals surface area contributed by atoms with Gasteiger partial charge in [0.25, 0.3) is 0 Å². The van der Waals surface area contributed by atoms with E-state index in [4.69, 9.17) is 16.7 Å². The molecular weight excluding hydrogens is 307 g/mol. The summed E-state index contributed by atoms with van der Waals surface area (Å²) in [4.78, 5) is 21.8. The van der Waals surface area contributed by atoms with Crippen molar-refractivity contribution in [3.63, 3.8) is 0 Å². The molecule has 0 amide bonds. The van der Waals surface area contributed by atoms with E-state index >= 15 is 0 Å². The van der Waals surface area contributed by atoms with Gasteiger partial charge in [-0.05, 0) is 30.2 Å². The topological polar surface area (TPSA) is 54.4 Å². The van der Waals surface area contributed by atoms with E-state index in [1.165, 1.54) is 13.0 Å². The molecule has 0 spiro atoms. The number of carboxylic acids is 1. The zero-order chi connectivity index (χ0) is 13.0. The van der Waals surface area contributed by atoms with Crippen molar-refractivity contribution in [2.75, 3.05) is 0 Å². The van der Waals surface area contributed by atoms with Crippen molar-refractivity contribution < 1.29 is 14.7 Å². The van der Waals surface area contributed by atoms with Gasteiger partial charge in [0.05, 0.1) is 0 Å². The average molecular weight is 318 g/mol. The van der Waals surface area contributed by atoms with Crippen LogP contribution in [0, 0.1) is 0 Å². The Labute approximate surface area is 112 Å². The lowest BCUT2D eigenvalue weighted by atomic mass is 10.0. The minimum Gasteiger partial charge on any atom is -0.478 e. The van der Waals surface area contributed by atoms with Crippen LogP contribution in [0.15, 0.2) is 28.7 Å². The van der Waals surface area contributed by atoms with Gasteiger partial charge in [0, 0.05) is 10.5 Å². The number of carbonyl (C=O) groups excluding carboxylic acids is 1. The molecule has 90 valence electrons. The first-order valence-electron chi connectivity index (χ1n) is 4.77. The minimum absolute atomic E-state index is 0.191. The number of carbonyl (C=O) groups is 2. The molecule has 1 N–H and O–H groups in total. The third-order valence-corrected chi connectivity index (χ3v) is 3.32.